The van der Waals surface area contributed by atoms with Crippen molar-refractivity contribution in [2.24, 2.45) is 50.2 Å². The van der Waals surface area contributed by atoms with Crippen molar-refractivity contribution in [3.05, 3.63) is 11.6 Å². The standard InChI is InChI=1S/C41H64O16/c1-36(34(50)51)10-12-41(35(52)53)13-11-39(4)19(20(41)14-36)6-7-25-37(2)15-21(44)31(38(3,18-43)24(37)8-9-40(25,39)5)57-32-29(48)27(46)23(17-54-32)56-33-30(49)28(47)26(45)22(16-42)55-33/h6,20-33,42-49H,7-18H2,1-5H3,(H,50,51)(H,52,53)/t20-,21+,22-,23-,24+,25-,26-,27+,28+,29-,30-,31-,32+,33+,36+,37-,38+,39-,40-,41+/m1/s1. The molecule has 0 aromatic rings. The van der Waals surface area contributed by atoms with Gasteiger partial charge in [-0.05, 0) is 98.7 Å². The Morgan fingerprint density at radius 2 is 1.44 bits per heavy atom. The minimum atomic E-state index is -1.74. The molecule has 324 valence electrons. The fourth-order valence-corrected chi connectivity index (χ4v) is 13.5. The molecule has 2 aliphatic heterocycles. The molecule has 0 spiro atoms. The Labute approximate surface area is 332 Å². The average Bonchev–Trinajstić information content (AvgIpc) is 3.16. The van der Waals surface area contributed by atoms with Crippen molar-refractivity contribution >= 4 is 11.9 Å². The first-order chi connectivity index (χ1) is 26.6. The number of rotatable bonds is 8. The van der Waals surface area contributed by atoms with E-state index in [1.807, 2.05) is 6.92 Å². The zero-order valence-corrected chi connectivity index (χ0v) is 33.6. The van der Waals surface area contributed by atoms with E-state index in [1.54, 1.807) is 6.92 Å². The summed E-state index contributed by atoms with van der Waals surface area (Å²) in [4.78, 5) is 25.6. The summed E-state index contributed by atoms with van der Waals surface area (Å²) in [5.41, 5.74) is -3.31. The van der Waals surface area contributed by atoms with Gasteiger partial charge in [-0.3, -0.25) is 9.59 Å². The van der Waals surface area contributed by atoms with Gasteiger partial charge in [0, 0.05) is 5.41 Å². The molecule has 10 N–H and O–H groups in total. The quantitative estimate of drug-likeness (QED) is 0.118. The highest BCUT2D eigenvalue weighted by Crippen LogP contribution is 2.76. The van der Waals surface area contributed by atoms with Crippen LogP contribution in [-0.2, 0) is 28.5 Å². The zero-order chi connectivity index (χ0) is 41.8. The molecule has 7 rings (SSSR count). The van der Waals surface area contributed by atoms with Gasteiger partial charge in [-0.1, -0.05) is 39.3 Å². The van der Waals surface area contributed by atoms with Crippen molar-refractivity contribution < 1.29 is 79.6 Å². The normalized spacial score (nSPS) is 55.0. The van der Waals surface area contributed by atoms with Crippen LogP contribution in [-0.4, -0.2) is 150 Å². The van der Waals surface area contributed by atoms with Crippen molar-refractivity contribution in [1.29, 1.82) is 0 Å². The van der Waals surface area contributed by atoms with Crippen LogP contribution in [0.15, 0.2) is 11.6 Å². The summed E-state index contributed by atoms with van der Waals surface area (Å²) < 4.78 is 23.2. The van der Waals surface area contributed by atoms with E-state index in [0.717, 1.165) is 12.0 Å². The Hall–Kier alpha value is -1.80. The molecule has 4 saturated carbocycles. The highest BCUT2D eigenvalue weighted by Gasteiger charge is 2.71. The van der Waals surface area contributed by atoms with E-state index in [0.29, 0.717) is 44.9 Å². The van der Waals surface area contributed by atoms with Gasteiger partial charge in [-0.15, -0.1) is 0 Å². The lowest BCUT2D eigenvalue weighted by atomic mass is 9.33. The van der Waals surface area contributed by atoms with Gasteiger partial charge in [0.15, 0.2) is 12.6 Å². The molecule has 20 atom stereocenters. The number of carboxylic acids is 2. The van der Waals surface area contributed by atoms with Gasteiger partial charge in [0.1, 0.15) is 42.7 Å². The second kappa shape index (κ2) is 14.7. The number of fused-ring (bicyclic) bond motifs is 7. The van der Waals surface area contributed by atoms with Crippen LogP contribution in [0.1, 0.15) is 92.4 Å². The molecule has 6 fully saturated rings. The maximum Gasteiger partial charge on any atom is 0.310 e. The number of hydrogen-bond donors (Lipinski definition) is 10. The van der Waals surface area contributed by atoms with Crippen molar-refractivity contribution in [3.63, 3.8) is 0 Å². The first-order valence-electron chi connectivity index (χ1n) is 20.6. The molecule has 0 amide bonds. The molecule has 5 aliphatic carbocycles. The monoisotopic (exact) mass is 812 g/mol. The first-order valence-corrected chi connectivity index (χ1v) is 20.6. The Bertz CT molecular complexity index is 1590. The topological polar surface area (TPSA) is 273 Å². The van der Waals surface area contributed by atoms with Gasteiger partial charge < -0.3 is 70.0 Å². The first kappa shape index (κ1) is 43.3. The molecular weight excluding hydrogens is 748 g/mol. The number of allylic oxidation sites excluding steroid dienone is 2. The van der Waals surface area contributed by atoms with Crippen LogP contribution < -0.4 is 0 Å². The fourth-order valence-electron chi connectivity index (χ4n) is 13.5. The predicted octanol–water partition coefficient (Wildman–Crippen LogP) is 0.529. The number of ether oxygens (including phenoxy) is 4. The summed E-state index contributed by atoms with van der Waals surface area (Å²) in [5, 5.41) is 107. The Morgan fingerprint density at radius 1 is 0.772 bits per heavy atom. The molecular formula is C41H64O16. The van der Waals surface area contributed by atoms with E-state index >= 15 is 0 Å². The summed E-state index contributed by atoms with van der Waals surface area (Å²) in [6, 6.07) is 0. The minimum Gasteiger partial charge on any atom is -0.481 e. The van der Waals surface area contributed by atoms with E-state index < -0.39 is 119 Å². The van der Waals surface area contributed by atoms with Crippen LogP contribution in [0, 0.1) is 50.2 Å². The van der Waals surface area contributed by atoms with Crippen LogP contribution >= 0.6 is 0 Å². The van der Waals surface area contributed by atoms with Gasteiger partial charge >= 0.3 is 11.9 Å². The van der Waals surface area contributed by atoms with E-state index in [1.165, 1.54) is 0 Å². The Morgan fingerprint density at radius 3 is 2.07 bits per heavy atom. The Kier molecular flexibility index (Phi) is 11.2. The minimum absolute atomic E-state index is 0.0180. The van der Waals surface area contributed by atoms with Gasteiger partial charge in [0.05, 0.1) is 42.9 Å². The lowest BCUT2D eigenvalue weighted by Crippen LogP contribution is -2.69. The maximum atomic E-state index is 13.1. The molecule has 57 heavy (non-hydrogen) atoms. The summed E-state index contributed by atoms with van der Waals surface area (Å²) in [5.74, 6) is -2.32. The zero-order valence-electron chi connectivity index (χ0n) is 33.6. The van der Waals surface area contributed by atoms with Crippen LogP contribution in [0.4, 0.5) is 0 Å². The third-order valence-electron chi connectivity index (χ3n) is 17.3. The van der Waals surface area contributed by atoms with Gasteiger partial charge in [0.2, 0.25) is 0 Å². The SMILES string of the molecule is C[C@]1(C(=O)O)CC[C@]2(C(=O)O)CC[C@]3(C)C(=CC[C@@H]4[C@]5(C)C[C@H](O)[C@@H](O[C@@H]6OC[C@@H](O[C@@H]7O[C@H](CO)[C@@H](O)[C@H](O)[C@H]7O)[C@H](O)[C@H]6O)[C@@](C)(CO)[C@H]5CC[C@]43C)[C@H]2C1. The van der Waals surface area contributed by atoms with Crippen molar-refractivity contribution in [2.45, 2.75) is 160 Å². The van der Waals surface area contributed by atoms with E-state index in [2.05, 4.69) is 26.8 Å². The lowest BCUT2D eigenvalue weighted by Gasteiger charge is -2.71. The van der Waals surface area contributed by atoms with Gasteiger partial charge in [-0.2, -0.15) is 0 Å². The number of aliphatic hydroxyl groups is 8. The number of hydrogen-bond acceptors (Lipinski definition) is 14. The molecule has 0 unspecified atom stereocenters. The number of aliphatic hydroxyl groups excluding tert-OH is 8. The molecule has 0 bridgehead atoms. The number of aliphatic carboxylic acids is 2. The molecule has 16 nitrogen and oxygen atoms in total. The molecule has 2 heterocycles. The van der Waals surface area contributed by atoms with Crippen molar-refractivity contribution in [2.75, 3.05) is 19.8 Å². The van der Waals surface area contributed by atoms with Crippen LogP contribution in [0.3, 0.4) is 0 Å². The Balaban J connectivity index is 1.11. The summed E-state index contributed by atoms with van der Waals surface area (Å²) in [6.07, 6.45) is -9.62. The summed E-state index contributed by atoms with van der Waals surface area (Å²) >= 11 is 0. The van der Waals surface area contributed by atoms with Crippen LogP contribution in [0.5, 0.6) is 0 Å². The molecule has 16 heteroatoms. The van der Waals surface area contributed by atoms with E-state index in [4.69, 9.17) is 18.9 Å². The fraction of sp³-hybridized carbons (Fsp3) is 0.902. The van der Waals surface area contributed by atoms with Crippen molar-refractivity contribution in [3.8, 4) is 0 Å². The van der Waals surface area contributed by atoms with Crippen LogP contribution in [0.25, 0.3) is 0 Å². The largest absolute Gasteiger partial charge is 0.481 e. The molecule has 7 aliphatic rings. The summed E-state index contributed by atoms with van der Waals surface area (Å²) in [6.45, 7) is 8.87. The highest BCUT2D eigenvalue weighted by molar-refractivity contribution is 5.79. The van der Waals surface area contributed by atoms with E-state index in [-0.39, 0.29) is 36.9 Å². The average molecular weight is 813 g/mol. The maximum absolute atomic E-state index is 13.1. The lowest BCUT2D eigenvalue weighted by molar-refractivity contribution is -0.357. The van der Waals surface area contributed by atoms with Crippen LogP contribution in [0.2, 0.25) is 0 Å². The van der Waals surface area contributed by atoms with Gasteiger partial charge in [-0.25, -0.2) is 0 Å². The number of carbonyl (C=O) groups is 2. The second-order valence-electron chi connectivity index (χ2n) is 19.9. The highest BCUT2D eigenvalue weighted by atomic mass is 16.7. The second-order valence-corrected chi connectivity index (χ2v) is 19.9. The predicted molar refractivity (Wildman–Crippen MR) is 197 cm³/mol. The third kappa shape index (κ3) is 6.21. The molecule has 0 radical (unpaired) electrons. The van der Waals surface area contributed by atoms with Gasteiger partial charge in [0.25, 0.3) is 0 Å². The molecule has 0 aromatic heterocycles. The summed E-state index contributed by atoms with van der Waals surface area (Å²) in [7, 11) is 0. The molecule has 2 saturated heterocycles. The number of carboxylic acid groups (broad SMARTS) is 2. The smallest absolute Gasteiger partial charge is 0.310 e. The molecule has 0 aromatic carbocycles. The third-order valence-corrected chi connectivity index (χ3v) is 17.3. The van der Waals surface area contributed by atoms with Crippen molar-refractivity contribution in [1.82, 2.24) is 0 Å². The van der Waals surface area contributed by atoms with E-state index in [9.17, 15) is 60.7 Å².